The van der Waals surface area contributed by atoms with Crippen LogP contribution < -0.4 is 5.32 Å². The molecule has 0 spiro atoms. The molecule has 0 atom stereocenters. The van der Waals surface area contributed by atoms with E-state index in [0.29, 0.717) is 11.3 Å². The van der Waals surface area contributed by atoms with Crippen LogP contribution in [-0.4, -0.2) is 24.3 Å². The minimum Gasteiger partial charge on any atom is -0.456 e. The number of carbonyl (C=O) groups is 3. The zero-order valence-electron chi connectivity index (χ0n) is 14.5. The van der Waals surface area contributed by atoms with Crippen molar-refractivity contribution < 1.29 is 19.1 Å². The number of rotatable bonds is 8. The van der Waals surface area contributed by atoms with Crippen molar-refractivity contribution in [3.05, 3.63) is 64.1 Å². The molecule has 0 aliphatic rings. The molecule has 2 aromatic rings. The number of hydrogen-bond acceptors (Lipinski definition) is 4. The van der Waals surface area contributed by atoms with Gasteiger partial charge in [0.15, 0.2) is 12.4 Å². The number of amides is 1. The molecule has 5 nitrogen and oxygen atoms in total. The number of Topliss-reactive ketones (excluding diaryl/α,β-unsaturated/α-hetero) is 1. The van der Waals surface area contributed by atoms with E-state index >= 15 is 0 Å². The molecule has 0 aromatic heterocycles. The van der Waals surface area contributed by atoms with Crippen molar-refractivity contribution in [2.24, 2.45) is 0 Å². The minimum absolute atomic E-state index is 0.0527. The van der Waals surface area contributed by atoms with Crippen molar-refractivity contribution in [1.82, 2.24) is 0 Å². The second-order valence-electron chi connectivity index (χ2n) is 5.65. The molecule has 0 saturated carbocycles. The van der Waals surface area contributed by atoms with Gasteiger partial charge in [-0.05, 0) is 30.2 Å². The fourth-order valence-corrected chi connectivity index (χ4v) is 2.77. The van der Waals surface area contributed by atoms with Crippen LogP contribution >= 0.6 is 15.9 Å². The van der Waals surface area contributed by atoms with Gasteiger partial charge in [-0.25, -0.2) is 0 Å². The molecule has 2 rings (SSSR count). The smallest absolute Gasteiger partial charge is 0.306 e. The highest BCUT2D eigenvalue weighted by Crippen LogP contribution is 2.21. The fraction of sp³-hybridized carbons (Fsp3) is 0.250. The molecule has 1 amide bonds. The second-order valence-corrected chi connectivity index (χ2v) is 6.57. The largest absolute Gasteiger partial charge is 0.456 e. The third-order valence-corrected chi connectivity index (χ3v) is 4.23. The first-order valence-corrected chi connectivity index (χ1v) is 9.11. The summed E-state index contributed by atoms with van der Waals surface area (Å²) in [5, 5.41) is 2.73. The summed E-state index contributed by atoms with van der Waals surface area (Å²) < 4.78 is 5.88. The monoisotopic (exact) mass is 417 g/mol. The Morgan fingerprint density at radius 2 is 1.77 bits per heavy atom. The lowest BCUT2D eigenvalue weighted by Gasteiger charge is -2.10. The third kappa shape index (κ3) is 6.11. The number of halogens is 1. The van der Waals surface area contributed by atoms with Gasteiger partial charge < -0.3 is 10.1 Å². The molecule has 2 aromatic carbocycles. The number of benzene rings is 2. The first-order valence-electron chi connectivity index (χ1n) is 8.31. The van der Waals surface area contributed by atoms with Gasteiger partial charge in [-0.15, -0.1) is 0 Å². The van der Waals surface area contributed by atoms with E-state index in [2.05, 4.69) is 21.2 Å². The average molecular weight is 418 g/mol. The highest BCUT2D eigenvalue weighted by Gasteiger charge is 2.12. The molecule has 6 heteroatoms. The van der Waals surface area contributed by atoms with E-state index in [1.165, 1.54) is 0 Å². The SMILES string of the molecule is CCc1cc(Br)ccc1NC(=O)COC(=O)CCC(=O)c1ccccc1. The van der Waals surface area contributed by atoms with Crippen LogP contribution in [-0.2, 0) is 20.7 Å². The van der Waals surface area contributed by atoms with Gasteiger partial charge >= 0.3 is 5.97 Å². The van der Waals surface area contributed by atoms with Crippen LogP contribution in [0.2, 0.25) is 0 Å². The Hall–Kier alpha value is -2.47. The lowest BCUT2D eigenvalue weighted by Crippen LogP contribution is -2.21. The maximum atomic E-state index is 12.0. The summed E-state index contributed by atoms with van der Waals surface area (Å²) in [4.78, 5) is 35.6. The van der Waals surface area contributed by atoms with Gasteiger partial charge in [-0.2, -0.15) is 0 Å². The number of carbonyl (C=O) groups excluding carboxylic acids is 3. The molecule has 0 aliphatic carbocycles. The Kier molecular flexibility index (Phi) is 7.53. The predicted octanol–water partition coefficient (Wildman–Crippen LogP) is 4.16. The Morgan fingerprint density at radius 3 is 2.46 bits per heavy atom. The fourth-order valence-electron chi connectivity index (χ4n) is 2.37. The van der Waals surface area contributed by atoms with Crippen molar-refractivity contribution >= 4 is 39.3 Å². The van der Waals surface area contributed by atoms with Gasteiger partial charge in [0.2, 0.25) is 0 Å². The Morgan fingerprint density at radius 1 is 1.04 bits per heavy atom. The normalized spacial score (nSPS) is 10.2. The Bertz CT molecular complexity index is 790. The van der Waals surface area contributed by atoms with E-state index in [0.717, 1.165) is 16.5 Å². The van der Waals surface area contributed by atoms with Crippen molar-refractivity contribution in [3.63, 3.8) is 0 Å². The Labute approximate surface area is 160 Å². The van der Waals surface area contributed by atoms with Crippen LogP contribution in [0, 0.1) is 0 Å². The summed E-state index contributed by atoms with van der Waals surface area (Å²) in [6, 6.07) is 14.3. The highest BCUT2D eigenvalue weighted by atomic mass is 79.9. The number of ketones is 1. The van der Waals surface area contributed by atoms with Crippen LogP contribution in [0.4, 0.5) is 5.69 Å². The molecule has 0 aliphatic heterocycles. The zero-order valence-corrected chi connectivity index (χ0v) is 16.0. The topological polar surface area (TPSA) is 72.5 Å². The van der Waals surface area contributed by atoms with Crippen LogP contribution in [0.15, 0.2) is 53.0 Å². The van der Waals surface area contributed by atoms with Gasteiger partial charge in [0, 0.05) is 22.1 Å². The van der Waals surface area contributed by atoms with E-state index in [4.69, 9.17) is 4.74 Å². The van der Waals surface area contributed by atoms with E-state index in [-0.39, 0.29) is 25.2 Å². The van der Waals surface area contributed by atoms with Gasteiger partial charge in [0.1, 0.15) is 0 Å². The van der Waals surface area contributed by atoms with E-state index < -0.39 is 11.9 Å². The lowest BCUT2D eigenvalue weighted by molar-refractivity contribution is -0.147. The standard InChI is InChI=1S/C20H20BrNO4/c1-2-14-12-16(21)8-9-17(14)22-19(24)13-26-20(25)11-10-18(23)15-6-4-3-5-7-15/h3-9,12H,2,10-11,13H2,1H3,(H,22,24). The number of esters is 1. The molecule has 0 heterocycles. The lowest BCUT2D eigenvalue weighted by atomic mass is 10.1. The molecule has 0 unspecified atom stereocenters. The first kappa shape index (κ1) is 19.8. The summed E-state index contributed by atoms with van der Waals surface area (Å²) in [5.74, 6) is -1.12. The number of aryl methyl sites for hydroxylation is 1. The maximum absolute atomic E-state index is 12.0. The number of hydrogen-bond donors (Lipinski definition) is 1. The van der Waals surface area contributed by atoms with E-state index in [9.17, 15) is 14.4 Å². The van der Waals surface area contributed by atoms with Gasteiger partial charge in [-0.3, -0.25) is 14.4 Å². The molecule has 136 valence electrons. The van der Waals surface area contributed by atoms with Crippen molar-refractivity contribution in [2.75, 3.05) is 11.9 Å². The third-order valence-electron chi connectivity index (χ3n) is 3.74. The first-order chi connectivity index (χ1) is 12.5. The molecule has 0 bridgehead atoms. The quantitative estimate of drug-likeness (QED) is 0.516. The number of nitrogens with one attached hydrogen (secondary N) is 1. The molecular formula is C20H20BrNO4. The molecule has 0 radical (unpaired) electrons. The molecule has 0 saturated heterocycles. The Balaban J connectivity index is 1.77. The van der Waals surface area contributed by atoms with Gasteiger partial charge in [0.25, 0.3) is 5.91 Å². The summed E-state index contributed by atoms with van der Waals surface area (Å²) in [6.45, 7) is 1.61. The van der Waals surface area contributed by atoms with Crippen LogP contribution in [0.1, 0.15) is 35.7 Å². The summed E-state index contributed by atoms with van der Waals surface area (Å²) in [7, 11) is 0. The summed E-state index contributed by atoms with van der Waals surface area (Å²) >= 11 is 3.39. The van der Waals surface area contributed by atoms with Crippen LogP contribution in [0.5, 0.6) is 0 Å². The predicted molar refractivity (Wildman–Crippen MR) is 103 cm³/mol. The van der Waals surface area contributed by atoms with Crippen LogP contribution in [0.25, 0.3) is 0 Å². The maximum Gasteiger partial charge on any atom is 0.306 e. The highest BCUT2D eigenvalue weighted by molar-refractivity contribution is 9.10. The molecule has 1 N–H and O–H groups in total. The molecule has 26 heavy (non-hydrogen) atoms. The molecule has 0 fully saturated rings. The van der Waals surface area contributed by atoms with Gasteiger partial charge in [-0.1, -0.05) is 53.2 Å². The van der Waals surface area contributed by atoms with Crippen molar-refractivity contribution in [1.29, 1.82) is 0 Å². The number of ether oxygens (including phenoxy) is 1. The second kappa shape index (κ2) is 9.87. The van der Waals surface area contributed by atoms with E-state index in [1.807, 2.05) is 25.1 Å². The average Bonchev–Trinajstić information content (AvgIpc) is 2.66. The van der Waals surface area contributed by atoms with Crippen molar-refractivity contribution in [2.45, 2.75) is 26.2 Å². The summed E-state index contributed by atoms with van der Waals surface area (Å²) in [6.07, 6.45) is 0.757. The summed E-state index contributed by atoms with van der Waals surface area (Å²) in [5.41, 5.74) is 2.23. The van der Waals surface area contributed by atoms with Gasteiger partial charge in [0.05, 0.1) is 6.42 Å². The van der Waals surface area contributed by atoms with Crippen molar-refractivity contribution in [3.8, 4) is 0 Å². The zero-order chi connectivity index (χ0) is 18.9. The number of anilines is 1. The van der Waals surface area contributed by atoms with E-state index in [1.54, 1.807) is 30.3 Å². The van der Waals surface area contributed by atoms with Crippen LogP contribution in [0.3, 0.4) is 0 Å². The minimum atomic E-state index is -0.573. The molecular weight excluding hydrogens is 398 g/mol.